The normalized spacial score (nSPS) is 23.2. The predicted octanol–water partition coefficient (Wildman–Crippen LogP) is -0.110. The summed E-state index contributed by atoms with van der Waals surface area (Å²) in [5.74, 6) is -18.0. The lowest BCUT2D eigenvalue weighted by Crippen LogP contribution is -2.54. The third-order valence-electron chi connectivity index (χ3n) is 16.1. The van der Waals surface area contributed by atoms with Gasteiger partial charge in [-0.2, -0.15) is 0 Å². The number of amides is 5. The second-order valence-electron chi connectivity index (χ2n) is 23.5. The Morgan fingerprint density at radius 3 is 1.76 bits per heavy atom. The standard InChI is InChI=1S/C60H88N6O26/c1-10-12-13-14-15-16-45(74)89-49-47-46(31(6)48(49)90-56(84)28(3)11-2)50-60(87,32(7)58(86)91-50)39(27-59(47,9)92-33(8)67)88-57(85)29(4)25-30(5)62-43(71)26-34(61)51(75)66-38(55(82)83)19-23-42(70)64-36(53(78)79)17-21-40(68)63-35(52(76)77)18-22-41(69)65-37(54(80)81)20-24-44(72)73/h11,29-30,34-39,47-50,54,80-81,87H,7,10,12-27,61H2,1-6,8-9H3,(H,62,71)(H,63,68)(H,64,70)(H,65,69)(H,66,75)(H,72,73)(H,76,77)(H,78,79)(H,82,83). The van der Waals surface area contributed by atoms with E-state index in [2.05, 4.69) is 33.2 Å². The number of aliphatic carboxylic acids is 4. The Morgan fingerprint density at radius 2 is 1.26 bits per heavy atom. The van der Waals surface area contributed by atoms with Crippen molar-refractivity contribution in [2.24, 2.45) is 17.6 Å². The molecule has 2 aliphatic carbocycles. The van der Waals surface area contributed by atoms with Crippen LogP contribution >= 0.6 is 0 Å². The van der Waals surface area contributed by atoms with Gasteiger partial charge in [-0.1, -0.05) is 52.2 Å². The van der Waals surface area contributed by atoms with Gasteiger partial charge in [0.1, 0.15) is 29.8 Å². The van der Waals surface area contributed by atoms with Crippen LogP contribution in [0.4, 0.5) is 0 Å². The molecule has 14 unspecified atom stereocenters. The second kappa shape index (κ2) is 35.5. The smallest absolute Gasteiger partial charge is 0.337 e. The molecule has 3 rings (SSSR count). The molecular formula is C60H88N6O26. The van der Waals surface area contributed by atoms with E-state index in [9.17, 15) is 97.8 Å². The van der Waals surface area contributed by atoms with Crippen molar-refractivity contribution >= 4 is 83.3 Å². The number of ether oxygens (including phenoxy) is 5. The van der Waals surface area contributed by atoms with Gasteiger partial charge in [-0.25, -0.2) is 24.0 Å². The van der Waals surface area contributed by atoms with Crippen molar-refractivity contribution in [2.45, 2.75) is 243 Å². The number of carboxylic acids is 4. The van der Waals surface area contributed by atoms with Crippen molar-refractivity contribution in [1.82, 2.24) is 26.6 Å². The SMILES string of the molecule is C=C1C(=O)OC2C3=C(C)C(OC(=O)C(C)=CC)C(OC(=O)CCCCCCC)C3C(C)(OC(C)=O)CC(OC(=O)C(C)CC(C)NC(=O)CC(N)C(=O)NC(CCC(=O)NC(CCC(=O)NC(CCC(=O)NC(CCC(=O)O)C(O)O)C(=O)O)C(=O)O)C(=O)O)C12O. The number of esters is 5. The Hall–Kier alpha value is -8.36. The van der Waals surface area contributed by atoms with Crippen LogP contribution in [-0.2, 0) is 90.8 Å². The number of rotatable bonds is 38. The third kappa shape index (κ3) is 22.2. The van der Waals surface area contributed by atoms with Crippen molar-refractivity contribution in [3.8, 4) is 0 Å². The number of allylic oxidation sites excluding steroid dienone is 1. The molecule has 1 saturated carbocycles. The Morgan fingerprint density at radius 1 is 0.728 bits per heavy atom. The summed E-state index contributed by atoms with van der Waals surface area (Å²) < 4.78 is 30.0. The number of fused-ring (bicyclic) bond motifs is 3. The van der Waals surface area contributed by atoms with Gasteiger partial charge < -0.3 is 91.7 Å². The molecule has 32 heteroatoms. The molecule has 0 bridgehead atoms. The van der Waals surface area contributed by atoms with Crippen LogP contribution in [-0.4, -0.2) is 197 Å². The molecule has 1 aliphatic heterocycles. The molecule has 14 atom stereocenters. The number of carbonyl (C=O) groups is 14. The Labute approximate surface area is 530 Å². The maximum absolute atomic E-state index is 14.2. The summed E-state index contributed by atoms with van der Waals surface area (Å²) in [5.41, 5.74) is 1.46. The van der Waals surface area contributed by atoms with E-state index in [0.717, 1.165) is 32.6 Å². The Bertz CT molecular complexity index is 2850. The van der Waals surface area contributed by atoms with Crippen molar-refractivity contribution in [2.75, 3.05) is 0 Å². The highest BCUT2D eigenvalue weighted by molar-refractivity contribution is 5.95. The predicted molar refractivity (Wildman–Crippen MR) is 315 cm³/mol. The average molecular weight is 1310 g/mol. The number of aliphatic hydroxyl groups is 3. The van der Waals surface area contributed by atoms with Crippen LogP contribution in [0.5, 0.6) is 0 Å². The minimum Gasteiger partial charge on any atom is -0.481 e. The van der Waals surface area contributed by atoms with E-state index < -0.39 is 237 Å². The first kappa shape index (κ1) is 77.9. The van der Waals surface area contributed by atoms with Crippen LogP contribution in [0.3, 0.4) is 0 Å². The van der Waals surface area contributed by atoms with Gasteiger partial charge in [0, 0.05) is 57.1 Å². The molecule has 2 fully saturated rings. The quantitative estimate of drug-likeness (QED) is 0.00958. The van der Waals surface area contributed by atoms with Gasteiger partial charge in [0.25, 0.3) is 0 Å². The van der Waals surface area contributed by atoms with Crippen LogP contribution in [0.1, 0.15) is 165 Å². The highest BCUT2D eigenvalue weighted by Gasteiger charge is 2.70. The highest BCUT2D eigenvalue weighted by Crippen LogP contribution is 2.56. The van der Waals surface area contributed by atoms with E-state index in [-0.39, 0.29) is 36.0 Å². The summed E-state index contributed by atoms with van der Waals surface area (Å²) in [6, 6.07) is -9.27. The zero-order valence-electron chi connectivity index (χ0n) is 52.8. The third-order valence-corrected chi connectivity index (χ3v) is 16.1. The summed E-state index contributed by atoms with van der Waals surface area (Å²) in [7, 11) is 0. The summed E-state index contributed by atoms with van der Waals surface area (Å²) in [4.78, 5) is 179. The monoisotopic (exact) mass is 1310 g/mol. The number of unbranched alkanes of at least 4 members (excludes halogenated alkanes) is 4. The maximum atomic E-state index is 14.2. The van der Waals surface area contributed by atoms with E-state index in [4.69, 9.17) is 34.5 Å². The first-order chi connectivity index (χ1) is 42.9. The van der Waals surface area contributed by atoms with Crippen LogP contribution in [0.15, 0.2) is 34.9 Å². The van der Waals surface area contributed by atoms with Gasteiger partial charge in [-0.05, 0) is 84.3 Å². The van der Waals surface area contributed by atoms with Crippen LogP contribution in [0, 0.1) is 11.8 Å². The molecule has 32 nitrogen and oxygen atoms in total. The largest absolute Gasteiger partial charge is 0.481 e. The van der Waals surface area contributed by atoms with Gasteiger partial charge in [-0.15, -0.1) is 0 Å². The van der Waals surface area contributed by atoms with Gasteiger partial charge >= 0.3 is 53.7 Å². The number of nitrogens with two attached hydrogens (primary N) is 1. The van der Waals surface area contributed by atoms with Crippen LogP contribution in [0.2, 0.25) is 0 Å². The summed E-state index contributed by atoms with van der Waals surface area (Å²) in [6.45, 7) is 15.9. The van der Waals surface area contributed by atoms with Gasteiger partial charge in [0.05, 0.1) is 35.9 Å². The highest BCUT2D eigenvalue weighted by atomic mass is 16.6. The molecular weight excluding hydrogens is 1220 g/mol. The molecule has 0 radical (unpaired) electrons. The van der Waals surface area contributed by atoms with E-state index in [0.29, 0.717) is 6.42 Å². The Balaban J connectivity index is 1.67. The molecule has 0 aromatic rings. The fraction of sp³-hybridized carbons (Fsp3) is 0.667. The van der Waals surface area contributed by atoms with Crippen LogP contribution in [0.25, 0.3) is 0 Å². The van der Waals surface area contributed by atoms with Crippen molar-refractivity contribution in [3.63, 3.8) is 0 Å². The van der Waals surface area contributed by atoms with E-state index in [1.54, 1.807) is 6.92 Å². The average Bonchev–Trinajstić information content (AvgIpc) is 1.54. The van der Waals surface area contributed by atoms with E-state index >= 15 is 0 Å². The molecule has 92 heavy (non-hydrogen) atoms. The molecule has 0 aromatic heterocycles. The van der Waals surface area contributed by atoms with Gasteiger partial charge in [0.2, 0.25) is 29.5 Å². The maximum Gasteiger partial charge on any atom is 0.337 e. The van der Waals surface area contributed by atoms with Crippen molar-refractivity contribution in [1.29, 1.82) is 0 Å². The summed E-state index contributed by atoms with van der Waals surface area (Å²) in [6.07, 6.45) is -9.13. The zero-order valence-corrected chi connectivity index (χ0v) is 52.8. The minimum atomic E-state index is -2.57. The topological polar surface area (TPSA) is 513 Å². The minimum absolute atomic E-state index is 0.0284. The molecule has 514 valence electrons. The van der Waals surface area contributed by atoms with Crippen molar-refractivity contribution < 1.29 is 127 Å². The number of aliphatic hydroxyl groups excluding tert-OH is 1. The Kier molecular flexibility index (Phi) is 30.0. The first-order valence-electron chi connectivity index (χ1n) is 30.2. The molecule has 0 aromatic carbocycles. The number of hydrogen-bond donors (Lipinski definition) is 13. The lowest BCUT2D eigenvalue weighted by Gasteiger charge is -2.40. The first-order valence-corrected chi connectivity index (χ1v) is 30.2. The molecule has 1 saturated heterocycles. The van der Waals surface area contributed by atoms with Crippen molar-refractivity contribution in [3.05, 3.63) is 34.9 Å². The fourth-order valence-corrected chi connectivity index (χ4v) is 11.1. The van der Waals surface area contributed by atoms with E-state index in [1.165, 1.54) is 40.7 Å². The summed E-state index contributed by atoms with van der Waals surface area (Å²) in [5, 5.41) is 80.6. The zero-order chi connectivity index (χ0) is 69.7. The van der Waals surface area contributed by atoms with Gasteiger partial charge in [-0.3, -0.25) is 43.2 Å². The number of carboxylic acid groups (broad SMARTS) is 4. The van der Waals surface area contributed by atoms with Gasteiger partial charge in [0.15, 0.2) is 30.2 Å². The van der Waals surface area contributed by atoms with Crippen LogP contribution < -0.4 is 32.3 Å². The number of carbonyl (C=O) groups excluding carboxylic acids is 10. The lowest BCUT2D eigenvalue weighted by molar-refractivity contribution is -0.189. The molecule has 0 spiro atoms. The number of nitrogens with one attached hydrogen (secondary N) is 5. The summed E-state index contributed by atoms with van der Waals surface area (Å²) >= 11 is 0. The number of hydrogen-bond acceptors (Lipinski definition) is 23. The fourth-order valence-electron chi connectivity index (χ4n) is 11.1. The molecule has 3 aliphatic rings. The van der Waals surface area contributed by atoms with E-state index in [1.807, 2.05) is 6.92 Å². The molecule has 5 amide bonds. The molecule has 1 heterocycles. The molecule has 14 N–H and O–H groups in total. The lowest BCUT2D eigenvalue weighted by atomic mass is 9.79. The second-order valence-corrected chi connectivity index (χ2v) is 23.5.